The maximum atomic E-state index is 12.3. The normalized spacial score (nSPS) is 28.3. The molecule has 1 radical (unpaired) electrons. The summed E-state index contributed by atoms with van der Waals surface area (Å²) in [6.45, 7) is 3.56. The van der Waals surface area contributed by atoms with Gasteiger partial charge < -0.3 is 41.6 Å². The van der Waals surface area contributed by atoms with Crippen molar-refractivity contribution in [3.05, 3.63) is 0 Å². The van der Waals surface area contributed by atoms with E-state index in [2.05, 4.69) is 10.6 Å². The van der Waals surface area contributed by atoms with Crippen LogP contribution >= 0.6 is 0 Å². The molecule has 0 spiro atoms. The van der Waals surface area contributed by atoms with Gasteiger partial charge in [-0.15, -0.1) is 0 Å². The third-order valence-corrected chi connectivity index (χ3v) is 4.84. The Bertz CT molecular complexity index is 675. The predicted molar refractivity (Wildman–Crippen MR) is 109 cm³/mol. The van der Waals surface area contributed by atoms with Crippen molar-refractivity contribution in [1.82, 2.24) is 10.6 Å². The van der Waals surface area contributed by atoms with Gasteiger partial charge in [0.05, 0.1) is 18.8 Å². The van der Waals surface area contributed by atoms with Gasteiger partial charge in [0.25, 0.3) is 5.91 Å². The first-order valence-electron chi connectivity index (χ1n) is 10.2. The Morgan fingerprint density at radius 1 is 1.22 bits per heavy atom. The first-order chi connectivity index (χ1) is 14.9. The van der Waals surface area contributed by atoms with Crippen molar-refractivity contribution in [2.45, 2.75) is 88.9 Å². The van der Waals surface area contributed by atoms with Gasteiger partial charge in [-0.2, -0.15) is 0 Å². The summed E-state index contributed by atoms with van der Waals surface area (Å²) in [7, 11) is 0. The number of Topliss-reactive ketones (excluding diaryl/α,β-unsaturated/α-hetero) is 1. The lowest BCUT2D eigenvalue weighted by molar-refractivity contribution is -0.267. The summed E-state index contributed by atoms with van der Waals surface area (Å²) in [5.74, 6) is -2.40. The summed E-state index contributed by atoms with van der Waals surface area (Å²) >= 11 is 0. The number of hydrogen-bond acceptors (Lipinski definition) is 10. The molecule has 0 aliphatic carbocycles. The highest BCUT2D eigenvalue weighted by molar-refractivity contribution is 5.89. The zero-order valence-electron chi connectivity index (χ0n) is 18.3. The average molecular weight is 461 g/mol. The number of ether oxygens (including phenoxy) is 2. The molecule has 13 heteroatoms. The molecule has 3 amide bonds. The highest BCUT2D eigenvalue weighted by atomic mass is 16.6. The van der Waals surface area contributed by atoms with Gasteiger partial charge in [0.1, 0.15) is 36.2 Å². The van der Waals surface area contributed by atoms with Gasteiger partial charge in [-0.25, -0.2) is 5.32 Å². The molecule has 1 fully saturated rings. The number of aliphatic hydroxyl groups is 3. The third kappa shape index (κ3) is 8.41. The Kier molecular flexibility index (Phi) is 11.1. The van der Waals surface area contributed by atoms with Crippen molar-refractivity contribution in [1.29, 1.82) is 0 Å². The van der Waals surface area contributed by atoms with Gasteiger partial charge in [0.15, 0.2) is 6.29 Å². The van der Waals surface area contributed by atoms with Gasteiger partial charge >= 0.3 is 0 Å². The molecule has 0 aromatic carbocycles. The molecule has 0 aromatic rings. The number of rotatable bonds is 12. The molecule has 1 saturated heterocycles. The molecule has 1 aliphatic heterocycles. The minimum Gasteiger partial charge on any atom is -0.394 e. The fraction of sp³-hybridized carbons (Fsp3) is 0.789. The van der Waals surface area contributed by atoms with Crippen molar-refractivity contribution in [2.75, 3.05) is 6.61 Å². The second-order valence-corrected chi connectivity index (χ2v) is 7.83. The number of carbonyl (C=O) groups excluding carboxylic acids is 4. The maximum Gasteiger partial charge on any atom is 0.258 e. The van der Waals surface area contributed by atoms with Crippen molar-refractivity contribution >= 4 is 23.5 Å². The molecule has 183 valence electrons. The van der Waals surface area contributed by atoms with Gasteiger partial charge in [-0.05, 0) is 20.3 Å². The van der Waals surface area contributed by atoms with E-state index in [0.29, 0.717) is 0 Å². The van der Waals surface area contributed by atoms with Crippen molar-refractivity contribution in [2.24, 2.45) is 11.5 Å². The van der Waals surface area contributed by atoms with Crippen LogP contribution in [0, 0.1) is 0 Å². The lowest BCUT2D eigenvalue weighted by atomic mass is 9.96. The monoisotopic (exact) mass is 461 g/mol. The number of primary amides is 1. The molecule has 13 nitrogen and oxygen atoms in total. The Hall–Kier alpha value is -2.16. The van der Waals surface area contributed by atoms with Crippen molar-refractivity contribution < 1.29 is 44.0 Å². The van der Waals surface area contributed by atoms with Crippen LogP contribution in [0.5, 0.6) is 0 Å². The number of nitrogens with zero attached hydrogens (tertiary/aromatic N) is 1. The number of aliphatic hydroxyl groups excluding tert-OH is 3. The van der Waals surface area contributed by atoms with E-state index in [1.165, 1.54) is 13.8 Å². The van der Waals surface area contributed by atoms with Crippen LogP contribution in [0.15, 0.2) is 0 Å². The predicted octanol–water partition coefficient (Wildman–Crippen LogP) is -3.59. The molecule has 0 saturated carbocycles. The van der Waals surface area contributed by atoms with Crippen molar-refractivity contribution in [3.63, 3.8) is 0 Å². The molecule has 0 bridgehead atoms. The fourth-order valence-corrected chi connectivity index (χ4v) is 3.21. The molecule has 1 rings (SSSR count). The number of hydrogen-bond donors (Lipinski definition) is 6. The first-order valence-corrected chi connectivity index (χ1v) is 10.2. The van der Waals surface area contributed by atoms with Crippen LogP contribution in [0.3, 0.4) is 0 Å². The second-order valence-electron chi connectivity index (χ2n) is 7.83. The average Bonchev–Trinajstić information content (AvgIpc) is 2.69. The molecule has 1 heterocycles. The summed E-state index contributed by atoms with van der Waals surface area (Å²) in [6.07, 6.45) is -6.36. The number of nitrogens with one attached hydrogen (secondary N) is 1. The number of carbonyl (C=O) groups is 4. The van der Waals surface area contributed by atoms with E-state index in [0.717, 1.165) is 0 Å². The summed E-state index contributed by atoms with van der Waals surface area (Å²) in [5.41, 5.74) is 10.6. The van der Waals surface area contributed by atoms with E-state index in [1.807, 2.05) is 0 Å². The van der Waals surface area contributed by atoms with E-state index in [-0.39, 0.29) is 25.0 Å². The maximum absolute atomic E-state index is 12.3. The summed E-state index contributed by atoms with van der Waals surface area (Å²) < 4.78 is 10.8. The molecule has 1 aliphatic rings. The van der Waals surface area contributed by atoms with Gasteiger partial charge in [0, 0.05) is 19.8 Å². The standard InChI is InChI=1S/C19H33N4O9/c1-8(6-11(26)4-5-12(17(21)28)23-18(29)9(2)20)31-16-14(22-10(3)25)19(30)32-13(7-24)15(16)27/h8-9,12-16,19,24,27,30H,4-7,20H2,1-3H3,(H2,21,28)(H,22,25)/t8?,9-,12+,13+,14+,15+,16+,19-/m0/s1. The Balaban J connectivity index is 2.71. The lowest BCUT2D eigenvalue weighted by Crippen LogP contribution is -2.65. The summed E-state index contributed by atoms with van der Waals surface area (Å²) in [5, 5.41) is 35.9. The minimum atomic E-state index is -1.55. The second kappa shape index (κ2) is 12.8. The molecule has 0 aromatic heterocycles. The molecule has 8 N–H and O–H groups in total. The smallest absolute Gasteiger partial charge is 0.258 e. The highest BCUT2D eigenvalue weighted by Gasteiger charge is 2.46. The molecular weight excluding hydrogens is 428 g/mol. The van der Waals surface area contributed by atoms with Crippen molar-refractivity contribution in [3.8, 4) is 0 Å². The van der Waals surface area contributed by atoms with E-state index < -0.39 is 73.2 Å². The Morgan fingerprint density at radius 2 is 1.84 bits per heavy atom. The SMILES string of the molecule is CC(=O)N[C@@H]1[C@@H](OC(C)CC(=O)CC[C@@H]([N]C(=O)[C@H](C)N)C(N)=O)[C@H](O)[C@@H](CO)O[C@@H]1O. The van der Waals surface area contributed by atoms with Crippen LogP contribution in [0.2, 0.25) is 0 Å². The van der Waals surface area contributed by atoms with Crippen LogP contribution in [0.1, 0.15) is 40.0 Å². The van der Waals surface area contributed by atoms with Gasteiger partial charge in [-0.3, -0.25) is 19.2 Å². The quantitative estimate of drug-likeness (QED) is 0.167. The fourth-order valence-electron chi connectivity index (χ4n) is 3.21. The Morgan fingerprint density at radius 3 is 2.34 bits per heavy atom. The third-order valence-electron chi connectivity index (χ3n) is 4.84. The number of ketones is 1. The number of nitrogens with two attached hydrogens (primary N) is 2. The van der Waals surface area contributed by atoms with Gasteiger partial charge in [0.2, 0.25) is 11.8 Å². The lowest BCUT2D eigenvalue weighted by Gasteiger charge is -2.43. The Labute approximate surface area is 185 Å². The molecule has 1 unspecified atom stereocenters. The van der Waals surface area contributed by atoms with E-state index in [4.69, 9.17) is 20.9 Å². The van der Waals surface area contributed by atoms with Crippen LogP contribution in [-0.2, 0) is 28.7 Å². The van der Waals surface area contributed by atoms with E-state index in [9.17, 15) is 34.5 Å². The van der Waals surface area contributed by atoms with Crippen LogP contribution in [-0.4, -0.2) is 94.3 Å². The van der Waals surface area contributed by atoms with E-state index >= 15 is 0 Å². The van der Waals surface area contributed by atoms with Crippen LogP contribution in [0.25, 0.3) is 0 Å². The number of amides is 3. The van der Waals surface area contributed by atoms with Crippen LogP contribution < -0.4 is 22.1 Å². The van der Waals surface area contributed by atoms with Crippen LogP contribution in [0.4, 0.5) is 0 Å². The highest BCUT2D eigenvalue weighted by Crippen LogP contribution is 2.24. The summed E-state index contributed by atoms with van der Waals surface area (Å²) in [4.78, 5) is 46.9. The van der Waals surface area contributed by atoms with E-state index in [1.54, 1.807) is 6.92 Å². The topological polar surface area (TPSA) is 226 Å². The summed E-state index contributed by atoms with van der Waals surface area (Å²) in [6, 6.07) is -3.22. The largest absolute Gasteiger partial charge is 0.394 e. The van der Waals surface area contributed by atoms with Gasteiger partial charge in [-0.1, -0.05) is 0 Å². The first kappa shape index (κ1) is 27.9. The molecular formula is C19H33N4O9. The minimum absolute atomic E-state index is 0.0843. The zero-order valence-corrected chi connectivity index (χ0v) is 18.3. The molecule has 32 heavy (non-hydrogen) atoms. The zero-order chi connectivity index (χ0) is 24.6. The molecule has 8 atom stereocenters.